The highest BCUT2D eigenvalue weighted by molar-refractivity contribution is 5.93. The summed E-state index contributed by atoms with van der Waals surface area (Å²) >= 11 is 0. The second-order valence-electron chi connectivity index (χ2n) is 21.4. The first-order valence-corrected chi connectivity index (χ1v) is 29.3. The SMILES string of the molecule is C1CCC(NCNC2CCCCC2)CC1.CNC(=O)c1ccccc1.O=C(O)c1ccccc1.O=C(OC(NC1CCCCC1)NC1CCCCC1)c1ccccc1.OC(NC1CCCCC1)NC1CCCCC1. The van der Waals surface area contributed by atoms with Crippen LogP contribution in [0.2, 0.25) is 0 Å². The van der Waals surface area contributed by atoms with Crippen LogP contribution < -0.4 is 37.2 Å². The number of carbonyl (C=O) groups excluding carboxylic acids is 2. The van der Waals surface area contributed by atoms with Crippen molar-refractivity contribution >= 4 is 17.8 Å². The van der Waals surface area contributed by atoms with E-state index in [0.29, 0.717) is 40.9 Å². The number of aromatic carboxylic acids is 1. The van der Waals surface area contributed by atoms with Gasteiger partial charge in [-0.3, -0.25) is 26.1 Å². The van der Waals surface area contributed by atoms with Gasteiger partial charge in [0, 0.05) is 55.5 Å². The Hall–Kier alpha value is -4.21. The lowest BCUT2D eigenvalue weighted by molar-refractivity contribution is -0.00114. The maximum Gasteiger partial charge on any atom is 0.340 e. The van der Waals surface area contributed by atoms with Gasteiger partial charge in [0.25, 0.3) is 5.91 Å². The molecule has 6 aliphatic rings. The van der Waals surface area contributed by atoms with Crippen LogP contribution in [0.3, 0.4) is 0 Å². The summed E-state index contributed by atoms with van der Waals surface area (Å²) in [6.07, 6.45) is 38.6. The molecule has 3 aromatic carbocycles. The number of rotatable bonds is 16. The molecule has 13 heteroatoms. The average molecular weight is 1020 g/mol. The number of carbonyl (C=O) groups is 3. The van der Waals surface area contributed by atoms with E-state index in [4.69, 9.17) is 9.84 Å². The van der Waals surface area contributed by atoms with E-state index < -0.39 is 12.3 Å². The molecule has 6 fully saturated rings. The number of carboxylic acids is 1. The van der Waals surface area contributed by atoms with Crippen LogP contribution in [0, 0.1) is 0 Å². The van der Waals surface area contributed by atoms with Gasteiger partial charge >= 0.3 is 11.9 Å². The molecule has 0 unspecified atom stereocenters. The molecule has 3 aromatic rings. The Morgan fingerprint density at radius 3 is 1.04 bits per heavy atom. The molecule has 412 valence electrons. The van der Waals surface area contributed by atoms with E-state index >= 15 is 0 Å². The summed E-state index contributed by atoms with van der Waals surface area (Å²) < 4.78 is 5.78. The summed E-state index contributed by atoms with van der Waals surface area (Å²) in [5.74, 6) is -1.18. The monoisotopic (exact) mass is 1020 g/mol. The molecule has 0 spiro atoms. The van der Waals surface area contributed by atoms with E-state index in [-0.39, 0.29) is 18.2 Å². The van der Waals surface area contributed by atoms with Crippen molar-refractivity contribution in [1.29, 1.82) is 0 Å². The minimum atomic E-state index is -0.879. The Labute approximate surface area is 445 Å². The summed E-state index contributed by atoms with van der Waals surface area (Å²) in [5.41, 5.74) is 1.64. The number of ether oxygens (including phenoxy) is 1. The predicted octanol–water partition coefficient (Wildman–Crippen LogP) is 11.3. The number of amides is 1. The van der Waals surface area contributed by atoms with Gasteiger partial charge in [0.1, 0.15) is 0 Å². The van der Waals surface area contributed by atoms with E-state index in [2.05, 4.69) is 37.2 Å². The third-order valence-electron chi connectivity index (χ3n) is 15.5. The van der Waals surface area contributed by atoms with Crippen LogP contribution in [0.15, 0.2) is 91.0 Å². The molecule has 0 aromatic heterocycles. The summed E-state index contributed by atoms with van der Waals surface area (Å²) in [5, 5.41) is 41.9. The van der Waals surface area contributed by atoms with E-state index in [9.17, 15) is 19.5 Å². The smallest absolute Gasteiger partial charge is 0.340 e. The molecule has 1 amide bonds. The molecular weight excluding hydrogens is 927 g/mol. The molecule has 0 radical (unpaired) electrons. The zero-order chi connectivity index (χ0) is 52.3. The van der Waals surface area contributed by atoms with Crippen molar-refractivity contribution in [3.63, 3.8) is 0 Å². The fourth-order valence-electron chi connectivity index (χ4n) is 11.1. The van der Waals surface area contributed by atoms with Crippen molar-refractivity contribution in [3.05, 3.63) is 108 Å². The number of hydrogen-bond acceptors (Lipinski definition) is 11. The summed E-state index contributed by atoms with van der Waals surface area (Å²) in [6.45, 7) is 1.04. The number of aliphatic hydroxyl groups excluding tert-OH is 1. The fraction of sp³-hybridized carbons (Fsp3) is 0.656. The van der Waals surface area contributed by atoms with Crippen LogP contribution in [0.5, 0.6) is 0 Å². The van der Waals surface area contributed by atoms with Crippen LogP contribution in [0.25, 0.3) is 0 Å². The fourth-order valence-corrected chi connectivity index (χ4v) is 11.1. The molecule has 6 aliphatic carbocycles. The summed E-state index contributed by atoms with van der Waals surface area (Å²) in [6, 6.07) is 30.2. The number of aliphatic hydroxyl groups is 1. The number of esters is 1. The first-order valence-electron chi connectivity index (χ1n) is 29.3. The normalized spacial score (nSPS) is 19.5. The molecule has 6 saturated carbocycles. The first kappa shape index (κ1) is 60.7. The minimum absolute atomic E-state index is 0.0411. The van der Waals surface area contributed by atoms with E-state index in [1.807, 2.05) is 36.4 Å². The Balaban J connectivity index is 0.000000179. The molecule has 0 aliphatic heterocycles. The lowest BCUT2D eigenvalue weighted by atomic mass is 9.95. The Kier molecular flexibility index (Phi) is 30.8. The highest BCUT2D eigenvalue weighted by atomic mass is 16.6. The van der Waals surface area contributed by atoms with E-state index in [1.165, 1.54) is 193 Å². The van der Waals surface area contributed by atoms with Crippen molar-refractivity contribution in [2.75, 3.05) is 13.7 Å². The highest BCUT2D eigenvalue weighted by Gasteiger charge is 2.25. The lowest BCUT2D eigenvalue weighted by Crippen LogP contribution is -2.54. The van der Waals surface area contributed by atoms with E-state index in [0.717, 1.165) is 18.8 Å². The van der Waals surface area contributed by atoms with Crippen LogP contribution in [0.4, 0.5) is 0 Å². The lowest BCUT2D eigenvalue weighted by Gasteiger charge is -2.32. The summed E-state index contributed by atoms with van der Waals surface area (Å²) in [7, 11) is 1.62. The molecule has 74 heavy (non-hydrogen) atoms. The molecule has 9 N–H and O–H groups in total. The van der Waals surface area contributed by atoms with Gasteiger partial charge in [0.05, 0.1) is 11.1 Å². The third-order valence-corrected chi connectivity index (χ3v) is 15.5. The topological polar surface area (TPSA) is 185 Å². The van der Waals surface area contributed by atoms with E-state index in [1.54, 1.807) is 61.6 Å². The molecule has 0 atom stereocenters. The number of benzene rings is 3. The van der Waals surface area contributed by atoms with Crippen LogP contribution >= 0.6 is 0 Å². The van der Waals surface area contributed by atoms with Gasteiger partial charge in [-0.05, 0) is 113 Å². The number of nitrogens with one attached hydrogen (secondary N) is 7. The Morgan fingerprint density at radius 2 is 0.730 bits per heavy atom. The number of carboxylic acid groups (broad SMARTS) is 1. The highest BCUT2D eigenvalue weighted by Crippen LogP contribution is 2.23. The van der Waals surface area contributed by atoms with Crippen molar-refractivity contribution in [2.24, 2.45) is 0 Å². The van der Waals surface area contributed by atoms with Gasteiger partial charge in [-0.15, -0.1) is 0 Å². The van der Waals surface area contributed by atoms with Crippen molar-refractivity contribution in [3.8, 4) is 0 Å². The standard InChI is InChI=1S/C20H30N2O2.C13H26N2O.C13H26N2.C8H9NO.C7H6O2/c23-19(16-10-4-1-5-11-16)24-20(21-17-12-6-2-7-13-17)22-18-14-8-3-9-15-18;16-13(14-11-7-3-1-4-8-11)15-12-9-5-2-6-10-12;1-3-7-12(8-4-1)14-11-15-13-9-5-2-6-10-13;1-9-8(10)7-5-3-2-4-6-7;8-7(9)6-4-2-1-3-5-6/h1,4-5,10-11,17-18,20-22H,2-3,6-9,12-15H2;11-16H,1-10H2;12-15H,1-11H2;2-6H,1H3,(H,9,10);1-5H,(H,8,9). The quantitative estimate of drug-likeness (QED) is 0.0489. The second kappa shape index (κ2) is 37.5. The molecule has 9 rings (SSSR count). The van der Waals surface area contributed by atoms with Crippen LogP contribution in [0.1, 0.15) is 224 Å². The van der Waals surface area contributed by atoms with Gasteiger partial charge in [-0.25, -0.2) is 9.59 Å². The maximum absolute atomic E-state index is 12.4. The average Bonchev–Trinajstić information content (AvgIpc) is 3.46. The van der Waals surface area contributed by atoms with Gasteiger partial charge < -0.3 is 30.9 Å². The molecule has 0 saturated heterocycles. The van der Waals surface area contributed by atoms with Crippen molar-refractivity contribution < 1.29 is 29.3 Å². The van der Waals surface area contributed by atoms with Crippen molar-refractivity contribution in [1.82, 2.24) is 37.2 Å². The van der Waals surface area contributed by atoms with Crippen LogP contribution in [-0.4, -0.2) is 90.7 Å². The van der Waals surface area contributed by atoms with Gasteiger partial charge in [-0.2, -0.15) is 0 Å². The molecule has 0 heterocycles. The molecular formula is C61H97N7O6. The van der Waals surface area contributed by atoms with Gasteiger partial charge in [0.15, 0.2) is 6.35 Å². The zero-order valence-electron chi connectivity index (χ0n) is 45.2. The summed E-state index contributed by atoms with van der Waals surface area (Å²) in [4.78, 5) is 33.5. The third kappa shape index (κ3) is 26.0. The Morgan fingerprint density at radius 1 is 0.432 bits per heavy atom. The molecule has 13 nitrogen and oxygen atoms in total. The van der Waals surface area contributed by atoms with Gasteiger partial charge in [-0.1, -0.05) is 170 Å². The van der Waals surface area contributed by atoms with Gasteiger partial charge in [0.2, 0.25) is 6.35 Å². The largest absolute Gasteiger partial charge is 0.478 e. The number of hydrogen-bond donors (Lipinski definition) is 9. The Bertz CT molecular complexity index is 1820. The maximum atomic E-state index is 12.4. The predicted molar refractivity (Wildman–Crippen MR) is 300 cm³/mol. The van der Waals surface area contributed by atoms with Crippen molar-refractivity contribution in [2.45, 2.75) is 242 Å². The minimum Gasteiger partial charge on any atom is -0.478 e. The zero-order valence-corrected chi connectivity index (χ0v) is 45.2. The van der Waals surface area contributed by atoms with Crippen LogP contribution in [-0.2, 0) is 4.74 Å². The second-order valence-corrected chi connectivity index (χ2v) is 21.4. The first-order chi connectivity index (χ1) is 36.2. The molecule has 0 bridgehead atoms.